The molecule has 1 aromatic heterocycles. The molecule has 0 fully saturated rings. The van der Waals surface area contributed by atoms with Crippen LogP contribution in [0.1, 0.15) is 79.1 Å². The second kappa shape index (κ2) is 16.7. The summed E-state index contributed by atoms with van der Waals surface area (Å²) in [5, 5.41) is 13.7. The van der Waals surface area contributed by atoms with Gasteiger partial charge in [-0.1, -0.05) is 6.92 Å². The summed E-state index contributed by atoms with van der Waals surface area (Å²) in [6.07, 6.45) is -15.5. The molecule has 0 aliphatic carbocycles. The quantitative estimate of drug-likeness (QED) is 0.175. The van der Waals surface area contributed by atoms with E-state index in [1.54, 1.807) is 13.8 Å². The number of hydrogen-bond donors (Lipinski definition) is 1. The molecule has 2 aromatic carbocycles. The van der Waals surface area contributed by atoms with Gasteiger partial charge in [0.1, 0.15) is 0 Å². The van der Waals surface area contributed by atoms with E-state index in [1.807, 2.05) is 0 Å². The molecule has 2 heterocycles. The van der Waals surface area contributed by atoms with Crippen molar-refractivity contribution in [3.63, 3.8) is 0 Å². The van der Waals surface area contributed by atoms with Gasteiger partial charge in [0.15, 0.2) is 5.75 Å². The largest absolute Gasteiger partial charge is 1.00 e. The number of nitrogens with one attached hydrogen (secondary N) is 1. The second-order valence-corrected chi connectivity index (χ2v) is 11.3. The maximum atomic E-state index is 13.8. The monoisotopic (exact) mass is 744 g/mol. The standard InChI is InChI=1S/C32H31F9N4O5.Na/c1-3-21-15-23(22-14-18(30(33,34)35)7-8-25(22)45(21)29(48)49-4-2)43-28-42-16-26(50-9-5-6-27(46)47)24(44-28)12-17-10-19(31(36,37)38)13-20(11-17)32(39,40)41;/h7-8,10-11,13-14,16,21,23H,3-6,9,12,15H2,1-2H3,(H,46,47)(H,42,43,44);/q;+1/p-1/t21-,23+;/m1./s1. The van der Waals surface area contributed by atoms with Crippen LogP contribution in [-0.4, -0.2) is 41.3 Å². The zero-order valence-corrected chi connectivity index (χ0v) is 29.4. The summed E-state index contributed by atoms with van der Waals surface area (Å²) in [6.45, 7) is 3.05. The van der Waals surface area contributed by atoms with Crippen molar-refractivity contribution in [3.05, 3.63) is 76.1 Å². The van der Waals surface area contributed by atoms with Crippen LogP contribution in [0, 0.1) is 0 Å². The molecule has 3 aromatic rings. The number of fused-ring (bicyclic) bond motifs is 1. The molecule has 9 nitrogen and oxygen atoms in total. The third-order valence-electron chi connectivity index (χ3n) is 7.73. The molecule has 0 radical (unpaired) electrons. The van der Waals surface area contributed by atoms with Gasteiger partial charge in [0.05, 0.1) is 53.5 Å². The fraction of sp³-hybridized carbons (Fsp3) is 0.438. The van der Waals surface area contributed by atoms with E-state index in [0.29, 0.717) is 18.6 Å². The molecule has 0 saturated heterocycles. The summed E-state index contributed by atoms with van der Waals surface area (Å²) in [5.74, 6) is -1.84. The molecule has 1 aliphatic rings. The van der Waals surface area contributed by atoms with E-state index in [0.717, 1.165) is 24.4 Å². The van der Waals surface area contributed by atoms with Gasteiger partial charge < -0.3 is 24.7 Å². The molecule has 19 heteroatoms. The number of amides is 1. The number of anilines is 2. The summed E-state index contributed by atoms with van der Waals surface area (Å²) in [6, 6.07) is 2.24. The minimum absolute atomic E-state index is 0. The summed E-state index contributed by atoms with van der Waals surface area (Å²) >= 11 is 0. The van der Waals surface area contributed by atoms with Gasteiger partial charge in [-0.25, -0.2) is 14.8 Å². The van der Waals surface area contributed by atoms with Crippen molar-refractivity contribution < 1.29 is 93.2 Å². The first-order valence-electron chi connectivity index (χ1n) is 15.2. The molecule has 51 heavy (non-hydrogen) atoms. The Labute approximate surface area is 307 Å². The molecule has 1 N–H and O–H groups in total. The number of benzene rings is 2. The maximum absolute atomic E-state index is 13.8. The van der Waals surface area contributed by atoms with Crippen LogP contribution in [0.25, 0.3) is 0 Å². The maximum Gasteiger partial charge on any atom is 1.00 e. The van der Waals surface area contributed by atoms with Crippen molar-refractivity contribution in [2.45, 2.75) is 76.6 Å². The number of ether oxygens (including phenoxy) is 2. The van der Waals surface area contributed by atoms with E-state index < -0.39 is 77.8 Å². The molecule has 4 rings (SSSR count). The molecule has 0 spiro atoms. The first kappa shape index (κ1) is 41.6. The summed E-state index contributed by atoms with van der Waals surface area (Å²) in [4.78, 5) is 33.3. The van der Waals surface area contributed by atoms with Gasteiger partial charge in [0, 0.05) is 18.4 Å². The summed E-state index contributed by atoms with van der Waals surface area (Å²) in [5.41, 5.74) is -4.67. The van der Waals surface area contributed by atoms with Crippen molar-refractivity contribution in [1.29, 1.82) is 0 Å². The van der Waals surface area contributed by atoms with Crippen molar-refractivity contribution >= 4 is 23.7 Å². The molecule has 2 atom stereocenters. The van der Waals surface area contributed by atoms with Crippen LogP contribution in [0.5, 0.6) is 5.75 Å². The average molecular weight is 745 g/mol. The number of carboxylic acids is 1. The Kier molecular flexibility index (Phi) is 13.6. The second-order valence-electron chi connectivity index (χ2n) is 11.3. The van der Waals surface area contributed by atoms with Gasteiger partial charge in [-0.05, 0) is 80.1 Å². The smallest absolute Gasteiger partial charge is 0.550 e. The first-order chi connectivity index (χ1) is 23.3. The number of halogens is 9. The Bertz CT molecular complexity index is 1670. The van der Waals surface area contributed by atoms with Crippen LogP contribution < -0.4 is 49.6 Å². The van der Waals surface area contributed by atoms with Crippen molar-refractivity contribution in [2.75, 3.05) is 23.4 Å². The number of aliphatic carboxylic acids is 1. The Morgan fingerprint density at radius 2 is 1.57 bits per heavy atom. The van der Waals surface area contributed by atoms with Crippen LogP contribution in [0.3, 0.4) is 0 Å². The van der Waals surface area contributed by atoms with Crippen molar-refractivity contribution in [2.24, 2.45) is 0 Å². The zero-order chi connectivity index (χ0) is 37.0. The van der Waals surface area contributed by atoms with Crippen molar-refractivity contribution in [3.8, 4) is 5.75 Å². The average Bonchev–Trinajstić information content (AvgIpc) is 3.02. The number of rotatable bonds is 11. The first-order valence-corrected chi connectivity index (χ1v) is 15.2. The van der Waals surface area contributed by atoms with Gasteiger partial charge in [0.25, 0.3) is 0 Å². The Morgan fingerprint density at radius 1 is 0.941 bits per heavy atom. The topological polar surface area (TPSA) is 117 Å². The van der Waals surface area contributed by atoms with Crippen LogP contribution in [-0.2, 0) is 34.5 Å². The fourth-order valence-electron chi connectivity index (χ4n) is 5.45. The van der Waals surface area contributed by atoms with E-state index >= 15 is 0 Å². The number of carboxylic acid groups (broad SMARTS) is 1. The Morgan fingerprint density at radius 3 is 2.12 bits per heavy atom. The third-order valence-corrected chi connectivity index (χ3v) is 7.73. The van der Waals surface area contributed by atoms with E-state index in [9.17, 15) is 54.2 Å². The summed E-state index contributed by atoms with van der Waals surface area (Å²) in [7, 11) is 0. The minimum Gasteiger partial charge on any atom is -0.550 e. The SMILES string of the molecule is CCOC(=O)N1c2ccc(C(F)(F)F)cc2[C@@H](Nc2ncc(OCCCC(=O)[O-])c(Cc3cc(C(F)(F)F)cc(C(F)(F)F)c3)n2)C[C@H]1CC.[Na+]. The number of hydrogen-bond acceptors (Lipinski definition) is 8. The predicted octanol–water partition coefficient (Wildman–Crippen LogP) is 4.34. The molecular weight excluding hydrogens is 714 g/mol. The number of nitrogens with zero attached hydrogens (tertiary/aromatic N) is 3. The number of carbonyl (C=O) groups is 2. The molecule has 272 valence electrons. The molecule has 0 saturated carbocycles. The third kappa shape index (κ3) is 10.6. The molecule has 1 amide bonds. The van der Waals surface area contributed by atoms with Gasteiger partial charge in [-0.15, -0.1) is 0 Å². The Balaban J connectivity index is 0.00000702. The van der Waals surface area contributed by atoms with Gasteiger partial charge >= 0.3 is 54.2 Å². The van der Waals surface area contributed by atoms with Gasteiger partial charge in [0.2, 0.25) is 5.95 Å². The fourth-order valence-corrected chi connectivity index (χ4v) is 5.45. The van der Waals surface area contributed by atoms with E-state index in [1.165, 1.54) is 4.90 Å². The van der Waals surface area contributed by atoms with Crippen LogP contribution >= 0.6 is 0 Å². The normalized spacial score (nSPS) is 16.2. The molecule has 0 bridgehead atoms. The van der Waals surface area contributed by atoms with E-state index in [2.05, 4.69) is 15.3 Å². The van der Waals surface area contributed by atoms with Crippen LogP contribution in [0.4, 0.5) is 55.9 Å². The van der Waals surface area contributed by atoms with Gasteiger partial charge in [-0.3, -0.25) is 4.90 Å². The van der Waals surface area contributed by atoms with E-state index in [4.69, 9.17) is 9.47 Å². The summed E-state index contributed by atoms with van der Waals surface area (Å²) < 4.78 is 133. The van der Waals surface area contributed by atoms with Crippen molar-refractivity contribution in [1.82, 2.24) is 9.97 Å². The molecule has 1 aliphatic heterocycles. The Hall–Kier alpha value is -3.77. The predicted molar refractivity (Wildman–Crippen MR) is 157 cm³/mol. The van der Waals surface area contributed by atoms with Crippen LogP contribution in [0.15, 0.2) is 42.6 Å². The number of carbonyl (C=O) groups excluding carboxylic acids is 2. The molecular formula is C32H30F9N4NaO5. The van der Waals surface area contributed by atoms with E-state index in [-0.39, 0.29) is 90.3 Å². The number of alkyl halides is 9. The van der Waals surface area contributed by atoms with Crippen LogP contribution in [0.2, 0.25) is 0 Å². The van der Waals surface area contributed by atoms with Gasteiger partial charge in [-0.2, -0.15) is 39.5 Å². The minimum atomic E-state index is -5.13. The molecule has 0 unspecified atom stereocenters. The number of aromatic nitrogens is 2. The zero-order valence-electron chi connectivity index (χ0n) is 27.4.